The van der Waals surface area contributed by atoms with Gasteiger partial charge < -0.3 is 21.1 Å². The van der Waals surface area contributed by atoms with Gasteiger partial charge in [-0.25, -0.2) is 4.98 Å². The maximum atomic E-state index is 12.2. The number of nitrogens with two attached hydrogens (primary N) is 1. The first-order valence-corrected chi connectivity index (χ1v) is 7.88. The molecule has 1 unspecified atom stereocenters. The van der Waals surface area contributed by atoms with E-state index in [-0.39, 0.29) is 23.7 Å². The highest BCUT2D eigenvalue weighted by molar-refractivity contribution is 5.94. The molecule has 0 radical (unpaired) electrons. The average Bonchev–Trinajstić information content (AvgIpc) is 2.54. The van der Waals surface area contributed by atoms with E-state index >= 15 is 0 Å². The minimum Gasteiger partial charge on any atom is -0.493 e. The van der Waals surface area contributed by atoms with Crippen LogP contribution in [0.4, 0.5) is 0 Å². The number of hydrogen-bond acceptors (Lipinski definition) is 5. The number of aromatic nitrogens is 1. The van der Waals surface area contributed by atoms with Crippen LogP contribution in [-0.4, -0.2) is 52.0 Å². The van der Waals surface area contributed by atoms with Crippen LogP contribution < -0.4 is 11.1 Å². The largest absolute Gasteiger partial charge is 0.493 e. The van der Waals surface area contributed by atoms with E-state index in [1.807, 2.05) is 6.92 Å². The van der Waals surface area contributed by atoms with Crippen LogP contribution in [-0.2, 0) is 4.79 Å². The molecule has 7 nitrogen and oxygen atoms in total. The molecule has 2 amide bonds. The molecule has 1 saturated heterocycles. The molecule has 2 rings (SSSR count). The number of nitrogens with zero attached hydrogens (tertiary/aromatic N) is 2. The number of amides is 2. The number of hydrogen-bond donors (Lipinski definition) is 3. The fourth-order valence-electron chi connectivity index (χ4n) is 2.84. The lowest BCUT2D eigenvalue weighted by atomic mass is 9.90. The number of nitrogens with one attached hydrogen (secondary N) is 1. The van der Waals surface area contributed by atoms with Gasteiger partial charge >= 0.3 is 0 Å². The highest BCUT2D eigenvalue weighted by Crippen LogP contribution is 2.21. The molecule has 126 valence electrons. The van der Waals surface area contributed by atoms with Gasteiger partial charge in [-0.3, -0.25) is 9.59 Å². The lowest BCUT2D eigenvalue weighted by molar-refractivity contribution is -0.133. The zero-order valence-electron chi connectivity index (χ0n) is 13.5. The van der Waals surface area contributed by atoms with E-state index in [2.05, 4.69) is 10.3 Å². The zero-order chi connectivity index (χ0) is 17.0. The van der Waals surface area contributed by atoms with Gasteiger partial charge in [0.25, 0.3) is 5.91 Å². The lowest BCUT2D eigenvalue weighted by Gasteiger charge is -2.35. The Morgan fingerprint density at radius 2 is 2.00 bits per heavy atom. The second kappa shape index (κ2) is 7.41. The Balaban J connectivity index is 1.85. The normalized spacial score (nSPS) is 18.3. The van der Waals surface area contributed by atoms with Gasteiger partial charge in [-0.1, -0.05) is 0 Å². The average molecular weight is 320 g/mol. The summed E-state index contributed by atoms with van der Waals surface area (Å²) in [5.41, 5.74) is 6.05. The van der Waals surface area contributed by atoms with Gasteiger partial charge in [0.1, 0.15) is 0 Å². The highest BCUT2D eigenvalue weighted by Gasteiger charge is 2.28. The van der Waals surface area contributed by atoms with Gasteiger partial charge in [-0.15, -0.1) is 0 Å². The van der Waals surface area contributed by atoms with Crippen LogP contribution in [0.1, 0.15) is 37.0 Å². The van der Waals surface area contributed by atoms with Crippen LogP contribution in [0.2, 0.25) is 0 Å². The first-order chi connectivity index (χ1) is 10.9. The summed E-state index contributed by atoms with van der Waals surface area (Å²) in [5.74, 6) is -0.0173. The van der Waals surface area contributed by atoms with Crippen LogP contribution in [0.15, 0.2) is 18.3 Å². The molecule has 0 aliphatic carbocycles. The summed E-state index contributed by atoms with van der Waals surface area (Å²) in [6.07, 6.45) is 3.03. The Labute approximate surface area is 135 Å². The molecular formula is C16H24N4O3. The molecule has 1 aliphatic heterocycles. The van der Waals surface area contributed by atoms with E-state index in [0.29, 0.717) is 24.6 Å². The number of carbonyl (C=O) groups is 2. The maximum Gasteiger partial charge on any atom is 0.253 e. The highest BCUT2D eigenvalue weighted by atomic mass is 16.3. The minimum atomic E-state index is -0.467. The first kappa shape index (κ1) is 17.2. The zero-order valence-corrected chi connectivity index (χ0v) is 13.5. The van der Waals surface area contributed by atoms with Gasteiger partial charge in [0.05, 0.1) is 11.6 Å². The molecule has 23 heavy (non-hydrogen) atoms. The van der Waals surface area contributed by atoms with Gasteiger partial charge in [0.15, 0.2) is 0 Å². The Hall–Kier alpha value is -2.15. The SMILES string of the molecule is CC(NC(=O)c1ccc(O)nc1)C1CCN(C(=O)[C@H](C)N)CC1. The molecule has 1 fully saturated rings. The Kier molecular flexibility index (Phi) is 5.54. The van der Waals surface area contributed by atoms with Gasteiger partial charge in [-0.05, 0) is 38.7 Å². The van der Waals surface area contributed by atoms with Crippen LogP contribution in [0, 0.1) is 5.92 Å². The van der Waals surface area contributed by atoms with Crippen molar-refractivity contribution in [3.8, 4) is 5.88 Å². The summed E-state index contributed by atoms with van der Waals surface area (Å²) >= 11 is 0. The number of carbonyl (C=O) groups excluding carboxylic acids is 2. The molecular weight excluding hydrogens is 296 g/mol. The molecule has 2 atom stereocenters. The molecule has 0 aromatic carbocycles. The van der Waals surface area contributed by atoms with Gasteiger partial charge in [-0.2, -0.15) is 0 Å². The molecule has 1 aliphatic rings. The topological polar surface area (TPSA) is 109 Å². The van der Waals surface area contributed by atoms with Crippen molar-refractivity contribution >= 4 is 11.8 Å². The smallest absolute Gasteiger partial charge is 0.253 e. The third-order valence-electron chi connectivity index (χ3n) is 4.32. The number of aromatic hydroxyl groups is 1. The third-order valence-corrected chi connectivity index (χ3v) is 4.32. The molecule has 0 spiro atoms. The fourth-order valence-corrected chi connectivity index (χ4v) is 2.84. The van der Waals surface area contributed by atoms with E-state index in [0.717, 1.165) is 12.8 Å². The molecule has 1 aromatic heterocycles. The molecule has 4 N–H and O–H groups in total. The van der Waals surface area contributed by atoms with Gasteiger partial charge in [0.2, 0.25) is 11.8 Å². The molecule has 2 heterocycles. The van der Waals surface area contributed by atoms with Crippen molar-refractivity contribution in [3.05, 3.63) is 23.9 Å². The van der Waals surface area contributed by atoms with Crippen LogP contribution in [0.5, 0.6) is 5.88 Å². The van der Waals surface area contributed by atoms with Crippen LogP contribution in [0.3, 0.4) is 0 Å². The van der Waals surface area contributed by atoms with Crippen molar-refractivity contribution in [2.24, 2.45) is 11.7 Å². The number of rotatable bonds is 4. The number of piperidine rings is 1. The number of pyridine rings is 1. The second-order valence-corrected chi connectivity index (χ2v) is 6.12. The fraction of sp³-hybridized carbons (Fsp3) is 0.562. The number of likely N-dealkylation sites (tertiary alicyclic amines) is 1. The maximum absolute atomic E-state index is 12.2. The molecule has 0 bridgehead atoms. The minimum absolute atomic E-state index is 0.00357. The summed E-state index contributed by atoms with van der Waals surface area (Å²) in [5, 5.41) is 12.1. The van der Waals surface area contributed by atoms with Crippen LogP contribution >= 0.6 is 0 Å². The molecule has 7 heteroatoms. The monoisotopic (exact) mass is 320 g/mol. The Bertz CT molecular complexity index is 551. The van der Waals surface area contributed by atoms with E-state index in [9.17, 15) is 9.59 Å². The van der Waals surface area contributed by atoms with E-state index < -0.39 is 6.04 Å². The van der Waals surface area contributed by atoms with Crippen molar-refractivity contribution in [1.82, 2.24) is 15.2 Å². The molecule has 1 aromatic rings. The predicted molar refractivity (Wildman–Crippen MR) is 85.8 cm³/mol. The summed E-state index contributed by atoms with van der Waals surface area (Å²) in [6.45, 7) is 5.01. The van der Waals surface area contributed by atoms with Crippen molar-refractivity contribution < 1.29 is 14.7 Å². The second-order valence-electron chi connectivity index (χ2n) is 6.12. The summed E-state index contributed by atoms with van der Waals surface area (Å²) in [6, 6.07) is 2.46. The van der Waals surface area contributed by atoms with Crippen molar-refractivity contribution in [2.75, 3.05) is 13.1 Å². The third kappa shape index (κ3) is 4.41. The quantitative estimate of drug-likeness (QED) is 0.748. The lowest BCUT2D eigenvalue weighted by Crippen LogP contribution is -2.49. The standard InChI is InChI=1S/C16H24N4O3/c1-10(17)16(23)20-7-5-12(6-8-20)11(2)19-15(22)13-3-4-14(21)18-9-13/h3-4,9-12H,5-8,17H2,1-2H3,(H,18,21)(H,19,22)/t10-,11?/m0/s1. The van der Waals surface area contributed by atoms with E-state index in [1.54, 1.807) is 11.8 Å². The van der Waals surface area contributed by atoms with E-state index in [1.165, 1.54) is 18.3 Å². The summed E-state index contributed by atoms with van der Waals surface area (Å²) in [4.78, 5) is 29.5. The van der Waals surface area contributed by atoms with Crippen molar-refractivity contribution in [2.45, 2.75) is 38.8 Å². The summed E-state index contributed by atoms with van der Waals surface area (Å²) < 4.78 is 0. The van der Waals surface area contributed by atoms with E-state index in [4.69, 9.17) is 10.8 Å². The van der Waals surface area contributed by atoms with Crippen molar-refractivity contribution in [1.29, 1.82) is 0 Å². The van der Waals surface area contributed by atoms with Crippen LogP contribution in [0.25, 0.3) is 0 Å². The van der Waals surface area contributed by atoms with Gasteiger partial charge in [0, 0.05) is 31.4 Å². The Morgan fingerprint density at radius 1 is 1.35 bits per heavy atom. The van der Waals surface area contributed by atoms with Crippen molar-refractivity contribution in [3.63, 3.8) is 0 Å². The molecule has 0 saturated carbocycles. The first-order valence-electron chi connectivity index (χ1n) is 7.88. The predicted octanol–water partition coefficient (Wildman–Crippen LogP) is 0.491. The Morgan fingerprint density at radius 3 is 2.52 bits per heavy atom. The summed E-state index contributed by atoms with van der Waals surface area (Å²) in [7, 11) is 0.